The van der Waals surface area contributed by atoms with Gasteiger partial charge in [-0.3, -0.25) is 10.2 Å². The highest BCUT2D eigenvalue weighted by Crippen LogP contribution is 2.23. The molecule has 1 aromatic heterocycles. The minimum absolute atomic E-state index is 0.162. The van der Waals surface area contributed by atoms with E-state index in [1.165, 1.54) is 0 Å². The van der Waals surface area contributed by atoms with Gasteiger partial charge in [-0.05, 0) is 5.92 Å². The van der Waals surface area contributed by atoms with Crippen LogP contribution in [0, 0.1) is 5.92 Å². The van der Waals surface area contributed by atoms with Crippen molar-refractivity contribution in [2.75, 3.05) is 0 Å². The van der Waals surface area contributed by atoms with Crippen molar-refractivity contribution in [2.45, 2.75) is 39.7 Å². The van der Waals surface area contributed by atoms with Crippen molar-refractivity contribution < 1.29 is 4.79 Å². The first-order chi connectivity index (χ1) is 7.49. The molecule has 1 amide bonds. The number of rotatable bonds is 4. The topological polar surface area (TPSA) is 72.9 Å². The van der Waals surface area contributed by atoms with Crippen LogP contribution in [0.25, 0.3) is 0 Å². The van der Waals surface area contributed by atoms with E-state index < -0.39 is 0 Å². The van der Waals surface area contributed by atoms with Crippen LogP contribution in [0.15, 0.2) is 12.4 Å². The van der Waals surface area contributed by atoms with E-state index in [0.717, 1.165) is 5.82 Å². The zero-order valence-electron chi connectivity index (χ0n) is 10.3. The summed E-state index contributed by atoms with van der Waals surface area (Å²) in [5.74, 6) is 6.37. The van der Waals surface area contributed by atoms with Gasteiger partial charge in [-0.2, -0.15) is 0 Å². The third kappa shape index (κ3) is 2.41. The first-order valence-electron chi connectivity index (χ1n) is 5.52. The summed E-state index contributed by atoms with van der Waals surface area (Å²) in [6.07, 6.45) is 3.55. The molecule has 0 aliphatic heterocycles. The highest BCUT2D eigenvalue weighted by Gasteiger charge is 2.25. The van der Waals surface area contributed by atoms with E-state index in [4.69, 9.17) is 5.84 Å². The summed E-state index contributed by atoms with van der Waals surface area (Å²) < 4.78 is 1.90. The Morgan fingerprint density at radius 3 is 2.50 bits per heavy atom. The second-order valence-electron chi connectivity index (χ2n) is 4.54. The minimum atomic E-state index is -0.301. The molecule has 1 heterocycles. The third-order valence-corrected chi connectivity index (χ3v) is 2.56. The molecule has 0 aliphatic carbocycles. The SMILES string of the molecule is CC(C)c1nccn1C(C(=O)NN)C(C)C. The van der Waals surface area contributed by atoms with E-state index in [1.807, 2.05) is 24.6 Å². The average Bonchev–Trinajstić information content (AvgIpc) is 2.66. The van der Waals surface area contributed by atoms with Crippen molar-refractivity contribution in [3.8, 4) is 0 Å². The van der Waals surface area contributed by atoms with Crippen LogP contribution in [0.1, 0.15) is 45.5 Å². The quantitative estimate of drug-likeness (QED) is 0.458. The third-order valence-electron chi connectivity index (χ3n) is 2.56. The van der Waals surface area contributed by atoms with E-state index in [9.17, 15) is 4.79 Å². The predicted octanol–water partition coefficient (Wildman–Crippen LogP) is 1.19. The second kappa shape index (κ2) is 5.12. The predicted molar refractivity (Wildman–Crippen MR) is 62.5 cm³/mol. The van der Waals surface area contributed by atoms with Crippen molar-refractivity contribution in [2.24, 2.45) is 11.8 Å². The van der Waals surface area contributed by atoms with E-state index >= 15 is 0 Å². The van der Waals surface area contributed by atoms with E-state index in [0.29, 0.717) is 0 Å². The lowest BCUT2D eigenvalue weighted by molar-refractivity contribution is -0.125. The number of nitrogens with two attached hydrogens (primary N) is 1. The Morgan fingerprint density at radius 2 is 2.06 bits per heavy atom. The number of nitrogens with zero attached hydrogens (tertiary/aromatic N) is 2. The molecule has 1 atom stereocenters. The molecule has 0 radical (unpaired) electrons. The van der Waals surface area contributed by atoms with Crippen LogP contribution < -0.4 is 11.3 Å². The number of carbonyl (C=O) groups excluding carboxylic acids is 1. The summed E-state index contributed by atoms with van der Waals surface area (Å²) in [6.45, 7) is 8.08. The zero-order chi connectivity index (χ0) is 12.3. The molecule has 0 aliphatic rings. The van der Waals surface area contributed by atoms with Gasteiger partial charge in [0.25, 0.3) is 5.91 Å². The molecule has 0 saturated carbocycles. The molecule has 90 valence electrons. The number of hydrazine groups is 1. The molecule has 5 heteroatoms. The standard InChI is InChI=1S/C11H20N4O/c1-7(2)9(11(16)14-12)15-6-5-13-10(15)8(3)4/h5-9H,12H2,1-4H3,(H,14,16). The van der Waals surface area contributed by atoms with Crippen LogP contribution in [0.2, 0.25) is 0 Å². The van der Waals surface area contributed by atoms with Crippen molar-refractivity contribution in [1.82, 2.24) is 15.0 Å². The van der Waals surface area contributed by atoms with Crippen LogP contribution in [-0.4, -0.2) is 15.5 Å². The summed E-state index contributed by atoms with van der Waals surface area (Å²) in [4.78, 5) is 16.0. The fourth-order valence-electron chi connectivity index (χ4n) is 1.84. The van der Waals surface area contributed by atoms with Gasteiger partial charge in [0, 0.05) is 18.3 Å². The molecular formula is C11H20N4O. The molecular weight excluding hydrogens is 204 g/mol. The number of amides is 1. The van der Waals surface area contributed by atoms with Crippen LogP contribution in [0.5, 0.6) is 0 Å². The van der Waals surface area contributed by atoms with E-state index in [2.05, 4.69) is 24.3 Å². The Labute approximate surface area is 96.0 Å². The van der Waals surface area contributed by atoms with Gasteiger partial charge in [-0.25, -0.2) is 10.8 Å². The van der Waals surface area contributed by atoms with Crippen molar-refractivity contribution in [3.63, 3.8) is 0 Å². The minimum Gasteiger partial charge on any atom is -0.322 e. The Morgan fingerprint density at radius 1 is 1.44 bits per heavy atom. The van der Waals surface area contributed by atoms with Gasteiger partial charge in [0.15, 0.2) is 0 Å². The van der Waals surface area contributed by atoms with Gasteiger partial charge < -0.3 is 4.57 Å². The van der Waals surface area contributed by atoms with Gasteiger partial charge in [0.1, 0.15) is 11.9 Å². The zero-order valence-corrected chi connectivity index (χ0v) is 10.3. The Balaban J connectivity index is 3.11. The number of hydrogen-bond donors (Lipinski definition) is 2. The number of nitrogens with one attached hydrogen (secondary N) is 1. The summed E-state index contributed by atoms with van der Waals surface area (Å²) >= 11 is 0. The fraction of sp³-hybridized carbons (Fsp3) is 0.636. The first kappa shape index (κ1) is 12.7. The molecule has 1 aromatic rings. The summed E-state index contributed by atoms with van der Waals surface area (Å²) in [7, 11) is 0. The summed E-state index contributed by atoms with van der Waals surface area (Å²) in [5.41, 5.74) is 2.21. The lowest BCUT2D eigenvalue weighted by Gasteiger charge is -2.23. The number of aromatic nitrogens is 2. The lowest BCUT2D eigenvalue weighted by Crippen LogP contribution is -2.39. The first-order valence-corrected chi connectivity index (χ1v) is 5.52. The number of carbonyl (C=O) groups is 1. The van der Waals surface area contributed by atoms with Gasteiger partial charge >= 0.3 is 0 Å². The fourth-order valence-corrected chi connectivity index (χ4v) is 1.84. The van der Waals surface area contributed by atoms with Gasteiger partial charge in [0.05, 0.1) is 0 Å². The largest absolute Gasteiger partial charge is 0.322 e. The molecule has 0 bridgehead atoms. The molecule has 0 spiro atoms. The highest BCUT2D eigenvalue weighted by molar-refractivity contribution is 5.80. The molecule has 1 unspecified atom stereocenters. The molecule has 3 N–H and O–H groups in total. The van der Waals surface area contributed by atoms with Crippen molar-refractivity contribution in [3.05, 3.63) is 18.2 Å². The van der Waals surface area contributed by atoms with Crippen molar-refractivity contribution >= 4 is 5.91 Å². The number of hydrogen-bond acceptors (Lipinski definition) is 3. The van der Waals surface area contributed by atoms with Crippen LogP contribution >= 0.6 is 0 Å². The number of imidazole rings is 1. The maximum absolute atomic E-state index is 11.7. The van der Waals surface area contributed by atoms with Gasteiger partial charge in [0.2, 0.25) is 0 Å². The Kier molecular flexibility index (Phi) is 4.06. The van der Waals surface area contributed by atoms with Gasteiger partial charge in [-0.1, -0.05) is 27.7 Å². The lowest BCUT2D eigenvalue weighted by atomic mass is 10.0. The second-order valence-corrected chi connectivity index (χ2v) is 4.54. The average molecular weight is 224 g/mol. The maximum Gasteiger partial charge on any atom is 0.257 e. The molecule has 16 heavy (non-hydrogen) atoms. The Bertz CT molecular complexity index is 357. The van der Waals surface area contributed by atoms with Crippen LogP contribution in [0.4, 0.5) is 0 Å². The summed E-state index contributed by atoms with van der Waals surface area (Å²) in [6, 6.07) is -0.301. The Hall–Kier alpha value is -1.36. The molecule has 5 nitrogen and oxygen atoms in total. The maximum atomic E-state index is 11.7. The van der Waals surface area contributed by atoms with Gasteiger partial charge in [-0.15, -0.1) is 0 Å². The highest BCUT2D eigenvalue weighted by atomic mass is 16.2. The monoisotopic (exact) mass is 224 g/mol. The van der Waals surface area contributed by atoms with E-state index in [1.54, 1.807) is 6.20 Å². The normalized spacial score (nSPS) is 13.2. The van der Waals surface area contributed by atoms with Crippen LogP contribution in [0.3, 0.4) is 0 Å². The molecule has 1 rings (SSSR count). The molecule has 0 saturated heterocycles. The summed E-state index contributed by atoms with van der Waals surface area (Å²) in [5, 5.41) is 0. The van der Waals surface area contributed by atoms with Crippen LogP contribution in [-0.2, 0) is 4.79 Å². The van der Waals surface area contributed by atoms with E-state index in [-0.39, 0.29) is 23.8 Å². The molecule has 0 fully saturated rings. The smallest absolute Gasteiger partial charge is 0.257 e. The van der Waals surface area contributed by atoms with Crippen molar-refractivity contribution in [1.29, 1.82) is 0 Å². The molecule has 0 aromatic carbocycles.